The molecule has 0 aliphatic heterocycles. The van der Waals surface area contributed by atoms with Crippen molar-refractivity contribution in [3.05, 3.63) is 21.7 Å². The lowest BCUT2D eigenvalue weighted by atomic mass is 10.6. The molecule has 5 heteroatoms. The van der Waals surface area contributed by atoms with Gasteiger partial charge in [0.2, 0.25) is 0 Å². The third-order valence-corrected chi connectivity index (χ3v) is 1.10. The van der Waals surface area contributed by atoms with Crippen molar-refractivity contribution in [1.82, 2.24) is 9.97 Å². The van der Waals surface area contributed by atoms with Crippen molar-refractivity contribution < 1.29 is 0 Å². The van der Waals surface area contributed by atoms with Crippen molar-refractivity contribution in [2.24, 2.45) is 0 Å². The van der Waals surface area contributed by atoms with Crippen LogP contribution in [0.1, 0.15) is 27.7 Å². The highest BCUT2D eigenvalue weighted by molar-refractivity contribution is 6.32. The summed E-state index contributed by atoms with van der Waals surface area (Å²) in [6, 6.07) is 0. The molecule has 3 N–H and O–H groups in total. The van der Waals surface area contributed by atoms with Gasteiger partial charge in [-0.15, -0.1) is 0 Å². The largest absolute Gasteiger partial charge is 0.384 e. The lowest BCUT2D eigenvalue weighted by molar-refractivity contribution is 1.08. The summed E-state index contributed by atoms with van der Waals surface area (Å²) in [5.41, 5.74) is 4.70. The van der Waals surface area contributed by atoms with E-state index >= 15 is 0 Å². The van der Waals surface area contributed by atoms with Gasteiger partial charge in [0, 0.05) is 0 Å². The minimum atomic E-state index is -0.489. The molecular weight excluding hydrogens is 190 g/mol. The van der Waals surface area contributed by atoms with E-state index in [0.717, 1.165) is 0 Å². The molecule has 1 heterocycles. The Balaban J connectivity index is 0. The first kappa shape index (κ1) is 14.5. The Morgan fingerprint density at radius 1 is 1.38 bits per heavy atom. The van der Waals surface area contributed by atoms with Gasteiger partial charge in [-0.05, 0) is 0 Å². The maximum atomic E-state index is 10.3. The molecule has 1 aromatic heterocycles. The van der Waals surface area contributed by atoms with Crippen LogP contribution in [-0.4, -0.2) is 9.97 Å². The van der Waals surface area contributed by atoms with Crippen molar-refractivity contribution in [2.75, 3.05) is 5.73 Å². The van der Waals surface area contributed by atoms with E-state index in [1.165, 1.54) is 6.20 Å². The van der Waals surface area contributed by atoms with Crippen LogP contribution < -0.4 is 11.4 Å². The Hall–Kier alpha value is -1.03. The monoisotopic (exact) mass is 205 g/mol. The zero-order valence-electron chi connectivity index (χ0n) is 8.39. The number of hydrogen-bond donors (Lipinski definition) is 2. The van der Waals surface area contributed by atoms with E-state index in [4.69, 9.17) is 17.3 Å². The number of H-pyrrole nitrogens is 1. The van der Waals surface area contributed by atoms with Crippen LogP contribution in [0, 0.1) is 0 Å². The first-order valence-electron chi connectivity index (χ1n) is 4.20. The van der Waals surface area contributed by atoms with Gasteiger partial charge in [0.1, 0.15) is 5.82 Å². The van der Waals surface area contributed by atoms with Gasteiger partial charge in [0.15, 0.2) is 0 Å². The molecule has 0 aliphatic carbocycles. The van der Waals surface area contributed by atoms with Gasteiger partial charge < -0.3 is 5.73 Å². The molecule has 1 aromatic rings. The molecule has 1 rings (SSSR count). The Labute approximate surface area is 83.1 Å². The highest BCUT2D eigenvalue weighted by atomic mass is 35.5. The van der Waals surface area contributed by atoms with Gasteiger partial charge in [0.25, 0.3) is 0 Å². The molecule has 0 amide bonds. The third-order valence-electron chi connectivity index (χ3n) is 0.794. The molecule has 0 saturated carbocycles. The quantitative estimate of drug-likeness (QED) is 0.681. The van der Waals surface area contributed by atoms with E-state index in [-0.39, 0.29) is 10.8 Å². The lowest BCUT2D eigenvalue weighted by Crippen LogP contribution is -2.11. The Kier molecular flexibility index (Phi) is 10.1. The number of nitrogens with one attached hydrogen (secondary N) is 1. The predicted octanol–water partition coefficient (Wildman–Crippen LogP) is 2.06. The Morgan fingerprint density at radius 3 is 2.15 bits per heavy atom. The number of hydrogen-bond acceptors (Lipinski definition) is 3. The predicted molar refractivity (Wildman–Crippen MR) is 57.0 cm³/mol. The van der Waals surface area contributed by atoms with Crippen molar-refractivity contribution in [1.29, 1.82) is 0 Å². The molecule has 13 heavy (non-hydrogen) atoms. The molecular formula is C8H16ClN3O. The van der Waals surface area contributed by atoms with Gasteiger partial charge in [-0.25, -0.2) is 9.78 Å². The van der Waals surface area contributed by atoms with E-state index in [9.17, 15) is 4.79 Å². The maximum absolute atomic E-state index is 10.3. The van der Waals surface area contributed by atoms with Gasteiger partial charge in [-0.3, -0.25) is 4.98 Å². The average molecular weight is 206 g/mol. The Bertz CT molecular complexity index is 272. The van der Waals surface area contributed by atoms with Crippen LogP contribution >= 0.6 is 11.6 Å². The van der Waals surface area contributed by atoms with Crippen LogP contribution in [0.25, 0.3) is 0 Å². The molecule has 0 spiro atoms. The summed E-state index contributed by atoms with van der Waals surface area (Å²) in [5.74, 6) is 0.150. The van der Waals surface area contributed by atoms with E-state index in [1.807, 2.05) is 27.7 Å². The van der Waals surface area contributed by atoms with Crippen LogP contribution in [0.3, 0.4) is 0 Å². The second-order valence-electron chi connectivity index (χ2n) is 1.45. The summed E-state index contributed by atoms with van der Waals surface area (Å²) in [6.45, 7) is 8.00. The number of halogens is 1. The molecule has 0 saturated heterocycles. The van der Waals surface area contributed by atoms with Gasteiger partial charge in [-0.2, -0.15) is 0 Å². The zero-order chi connectivity index (χ0) is 10.9. The minimum absolute atomic E-state index is 0.150. The molecule has 0 bridgehead atoms. The summed E-state index contributed by atoms with van der Waals surface area (Å²) >= 11 is 5.42. The average Bonchev–Trinajstić information content (AvgIpc) is 2.18. The van der Waals surface area contributed by atoms with Gasteiger partial charge in [0.05, 0.1) is 11.2 Å². The lowest BCUT2D eigenvalue weighted by Gasteiger charge is -1.91. The summed E-state index contributed by atoms with van der Waals surface area (Å²) in [7, 11) is 0. The van der Waals surface area contributed by atoms with Crippen molar-refractivity contribution in [3.8, 4) is 0 Å². The fraction of sp³-hybridized carbons (Fsp3) is 0.500. The van der Waals surface area contributed by atoms with Gasteiger partial charge >= 0.3 is 5.69 Å². The highest BCUT2D eigenvalue weighted by Gasteiger charge is 1.93. The second-order valence-corrected chi connectivity index (χ2v) is 1.86. The molecule has 0 aliphatic rings. The smallest absolute Gasteiger partial charge is 0.346 e. The molecule has 0 atom stereocenters. The van der Waals surface area contributed by atoms with Crippen molar-refractivity contribution in [3.63, 3.8) is 0 Å². The standard InChI is InChI=1S/C4H4ClN3O.2C2H6/c5-2-1-7-4(9)8-3(2)6;2*1-2/h1H,(H3,6,7,8,9);2*1-2H3. The number of nitrogens with two attached hydrogens (primary N) is 1. The molecule has 76 valence electrons. The molecule has 0 radical (unpaired) electrons. The van der Waals surface area contributed by atoms with Crippen LogP contribution in [0.15, 0.2) is 11.0 Å². The molecule has 4 nitrogen and oxygen atoms in total. The topological polar surface area (TPSA) is 71.8 Å². The molecule has 0 aromatic carbocycles. The number of rotatable bonds is 0. The fourth-order valence-corrected chi connectivity index (χ4v) is 0.488. The number of nitrogen functional groups attached to an aromatic ring is 1. The third kappa shape index (κ3) is 6.16. The van der Waals surface area contributed by atoms with Crippen LogP contribution in [0.2, 0.25) is 5.02 Å². The maximum Gasteiger partial charge on any atom is 0.346 e. The van der Waals surface area contributed by atoms with Gasteiger partial charge in [-0.1, -0.05) is 39.3 Å². The zero-order valence-corrected chi connectivity index (χ0v) is 9.14. The fourth-order valence-electron chi connectivity index (χ4n) is 0.392. The number of aromatic amines is 1. The highest BCUT2D eigenvalue weighted by Crippen LogP contribution is 2.09. The van der Waals surface area contributed by atoms with E-state index in [1.54, 1.807) is 0 Å². The number of anilines is 1. The SMILES string of the molecule is CC.CC.Nc1[nH]c(=O)ncc1Cl. The molecule has 0 fully saturated rings. The minimum Gasteiger partial charge on any atom is -0.384 e. The van der Waals surface area contributed by atoms with E-state index in [0.29, 0.717) is 0 Å². The summed E-state index contributed by atoms with van der Waals surface area (Å²) in [4.78, 5) is 15.9. The summed E-state index contributed by atoms with van der Waals surface area (Å²) in [6.07, 6.45) is 1.20. The number of nitrogens with zero attached hydrogens (tertiary/aromatic N) is 1. The van der Waals surface area contributed by atoms with Crippen LogP contribution in [0.5, 0.6) is 0 Å². The second kappa shape index (κ2) is 9.06. The van der Waals surface area contributed by atoms with Crippen molar-refractivity contribution >= 4 is 17.4 Å². The normalized spacial score (nSPS) is 7.46. The van der Waals surface area contributed by atoms with Crippen LogP contribution in [0.4, 0.5) is 5.82 Å². The van der Waals surface area contributed by atoms with E-state index in [2.05, 4.69) is 9.97 Å². The van der Waals surface area contributed by atoms with Crippen molar-refractivity contribution in [2.45, 2.75) is 27.7 Å². The Morgan fingerprint density at radius 2 is 1.85 bits per heavy atom. The summed E-state index contributed by atoms with van der Waals surface area (Å²) < 4.78 is 0. The first-order valence-corrected chi connectivity index (χ1v) is 4.58. The first-order chi connectivity index (χ1) is 6.20. The van der Waals surface area contributed by atoms with Crippen LogP contribution in [-0.2, 0) is 0 Å². The van der Waals surface area contributed by atoms with E-state index < -0.39 is 5.69 Å². The number of aromatic nitrogens is 2. The molecule has 0 unspecified atom stereocenters. The summed E-state index contributed by atoms with van der Waals surface area (Å²) in [5, 5.41) is 0.259.